The predicted molar refractivity (Wildman–Crippen MR) is 67.2 cm³/mol. The fraction of sp³-hybridized carbons (Fsp3) is 0.538. The second-order valence-corrected chi connectivity index (χ2v) is 5.02. The molecule has 0 aliphatic carbocycles. The van der Waals surface area contributed by atoms with Crippen molar-refractivity contribution in [1.29, 1.82) is 0 Å². The molecule has 1 atom stereocenters. The fourth-order valence-electron chi connectivity index (χ4n) is 2.32. The Morgan fingerprint density at radius 2 is 2.25 bits per heavy atom. The molecule has 0 aromatic heterocycles. The van der Waals surface area contributed by atoms with Crippen molar-refractivity contribution in [3.8, 4) is 5.75 Å². The van der Waals surface area contributed by atoms with Crippen molar-refractivity contribution in [2.24, 2.45) is 0 Å². The quantitative estimate of drug-likeness (QED) is 0.832. The number of phenols is 1. The van der Waals surface area contributed by atoms with Crippen LogP contribution in [0.5, 0.6) is 5.75 Å². The van der Waals surface area contributed by atoms with Gasteiger partial charge in [0.1, 0.15) is 5.75 Å². The zero-order valence-corrected chi connectivity index (χ0v) is 10.3. The average Bonchev–Trinajstić information content (AvgIpc) is 2.27. The first kappa shape index (κ1) is 11.7. The van der Waals surface area contributed by atoms with Crippen molar-refractivity contribution in [2.45, 2.75) is 38.6 Å². The molecule has 1 aromatic rings. The summed E-state index contributed by atoms with van der Waals surface area (Å²) in [6.45, 7) is 2.98. The molecule has 2 nitrogen and oxygen atoms in total. The molecule has 0 radical (unpaired) electrons. The highest BCUT2D eigenvalue weighted by Gasteiger charge is 2.16. The van der Waals surface area contributed by atoms with E-state index in [0.29, 0.717) is 16.8 Å². The Labute approximate surface area is 102 Å². The Bertz CT molecular complexity index is 372. The lowest BCUT2D eigenvalue weighted by Crippen LogP contribution is -2.35. The van der Waals surface area contributed by atoms with Crippen LogP contribution >= 0.6 is 11.6 Å². The zero-order valence-electron chi connectivity index (χ0n) is 9.59. The molecule has 3 heteroatoms. The minimum absolute atomic E-state index is 0.400. The SMILES string of the molecule is Cc1cc(Cl)cc(CC2CCCCN2)c1O. The summed E-state index contributed by atoms with van der Waals surface area (Å²) in [5.41, 5.74) is 1.82. The Kier molecular flexibility index (Phi) is 3.72. The molecule has 1 aliphatic rings. The highest BCUT2D eigenvalue weighted by atomic mass is 35.5. The van der Waals surface area contributed by atoms with Crippen LogP contribution in [0, 0.1) is 6.92 Å². The Morgan fingerprint density at radius 1 is 1.44 bits per heavy atom. The average molecular weight is 240 g/mol. The molecule has 2 rings (SSSR count). The maximum atomic E-state index is 9.97. The third-order valence-electron chi connectivity index (χ3n) is 3.22. The predicted octanol–water partition coefficient (Wildman–Crippen LogP) is 3.04. The topological polar surface area (TPSA) is 32.3 Å². The molecule has 88 valence electrons. The van der Waals surface area contributed by atoms with Crippen LogP contribution in [0.1, 0.15) is 30.4 Å². The number of aryl methyl sites for hydroxylation is 1. The Morgan fingerprint density at radius 3 is 2.94 bits per heavy atom. The summed E-state index contributed by atoms with van der Waals surface area (Å²) in [6.07, 6.45) is 4.59. The van der Waals surface area contributed by atoms with E-state index in [2.05, 4.69) is 5.32 Å². The van der Waals surface area contributed by atoms with Gasteiger partial charge in [-0.3, -0.25) is 0 Å². The number of piperidine rings is 1. The minimum Gasteiger partial charge on any atom is -0.507 e. The van der Waals surface area contributed by atoms with Crippen LogP contribution in [0.3, 0.4) is 0 Å². The second-order valence-electron chi connectivity index (χ2n) is 4.58. The zero-order chi connectivity index (χ0) is 11.5. The van der Waals surface area contributed by atoms with Gasteiger partial charge < -0.3 is 10.4 Å². The van der Waals surface area contributed by atoms with Crippen molar-refractivity contribution in [2.75, 3.05) is 6.54 Å². The summed E-state index contributed by atoms with van der Waals surface area (Å²) in [5.74, 6) is 0.400. The van der Waals surface area contributed by atoms with Crippen LogP contribution in [-0.2, 0) is 6.42 Å². The van der Waals surface area contributed by atoms with Crippen molar-refractivity contribution in [1.82, 2.24) is 5.32 Å². The molecule has 16 heavy (non-hydrogen) atoms. The van der Waals surface area contributed by atoms with Gasteiger partial charge in [0, 0.05) is 11.1 Å². The first-order valence-electron chi connectivity index (χ1n) is 5.88. The van der Waals surface area contributed by atoms with Crippen LogP contribution in [0.2, 0.25) is 5.02 Å². The first-order valence-corrected chi connectivity index (χ1v) is 6.26. The summed E-state index contributed by atoms with van der Waals surface area (Å²) >= 11 is 6.01. The third kappa shape index (κ3) is 2.69. The highest BCUT2D eigenvalue weighted by molar-refractivity contribution is 6.30. The second kappa shape index (κ2) is 5.07. The summed E-state index contributed by atoms with van der Waals surface area (Å²) in [5, 5.41) is 14.2. The van der Waals surface area contributed by atoms with Crippen LogP contribution in [-0.4, -0.2) is 17.7 Å². The molecule has 2 N–H and O–H groups in total. The smallest absolute Gasteiger partial charge is 0.121 e. The number of rotatable bonds is 2. The van der Waals surface area contributed by atoms with Crippen molar-refractivity contribution in [3.63, 3.8) is 0 Å². The molecule has 1 fully saturated rings. The number of hydrogen-bond acceptors (Lipinski definition) is 2. The van der Waals surface area contributed by atoms with E-state index in [4.69, 9.17) is 11.6 Å². The number of halogens is 1. The fourth-order valence-corrected chi connectivity index (χ4v) is 2.62. The monoisotopic (exact) mass is 239 g/mol. The van der Waals surface area contributed by atoms with Crippen LogP contribution in [0.4, 0.5) is 0 Å². The van der Waals surface area contributed by atoms with Gasteiger partial charge in [0.15, 0.2) is 0 Å². The van der Waals surface area contributed by atoms with E-state index in [0.717, 1.165) is 24.1 Å². The minimum atomic E-state index is 0.400. The van der Waals surface area contributed by atoms with Crippen molar-refractivity contribution < 1.29 is 5.11 Å². The Hall–Kier alpha value is -0.730. The summed E-state index contributed by atoms with van der Waals surface area (Å²) in [4.78, 5) is 0. The number of nitrogens with one attached hydrogen (secondary N) is 1. The summed E-state index contributed by atoms with van der Waals surface area (Å²) < 4.78 is 0. The number of hydrogen-bond donors (Lipinski definition) is 2. The summed E-state index contributed by atoms with van der Waals surface area (Å²) in [6, 6.07) is 4.16. The molecule has 0 bridgehead atoms. The molecule has 0 spiro atoms. The molecule has 1 saturated heterocycles. The lowest BCUT2D eigenvalue weighted by Gasteiger charge is -2.24. The van der Waals surface area contributed by atoms with E-state index in [-0.39, 0.29) is 0 Å². The Balaban J connectivity index is 2.13. The van der Waals surface area contributed by atoms with Crippen LogP contribution in [0.25, 0.3) is 0 Å². The van der Waals surface area contributed by atoms with E-state index in [1.807, 2.05) is 13.0 Å². The summed E-state index contributed by atoms with van der Waals surface area (Å²) in [7, 11) is 0. The molecule has 0 saturated carbocycles. The molecule has 1 unspecified atom stereocenters. The lowest BCUT2D eigenvalue weighted by atomic mass is 9.96. The maximum absolute atomic E-state index is 9.97. The molecular formula is C13H18ClNO. The van der Waals surface area contributed by atoms with Gasteiger partial charge in [-0.2, -0.15) is 0 Å². The van der Waals surface area contributed by atoms with Crippen molar-refractivity contribution in [3.05, 3.63) is 28.3 Å². The molecule has 1 aromatic carbocycles. The number of phenolic OH excluding ortho intramolecular Hbond substituents is 1. The third-order valence-corrected chi connectivity index (χ3v) is 3.44. The molecular weight excluding hydrogens is 222 g/mol. The normalized spacial score (nSPS) is 21.0. The van der Waals surface area contributed by atoms with E-state index < -0.39 is 0 Å². The van der Waals surface area contributed by atoms with Gasteiger partial charge >= 0.3 is 0 Å². The van der Waals surface area contributed by atoms with E-state index in [1.54, 1.807) is 6.07 Å². The van der Waals surface area contributed by atoms with Gasteiger partial charge in [-0.05, 0) is 56.0 Å². The number of aromatic hydroxyl groups is 1. The van der Waals surface area contributed by atoms with Gasteiger partial charge in [0.2, 0.25) is 0 Å². The molecule has 1 heterocycles. The maximum Gasteiger partial charge on any atom is 0.121 e. The van der Waals surface area contributed by atoms with E-state index >= 15 is 0 Å². The van der Waals surface area contributed by atoms with Crippen LogP contribution < -0.4 is 5.32 Å². The van der Waals surface area contributed by atoms with Gasteiger partial charge in [-0.25, -0.2) is 0 Å². The molecule has 0 amide bonds. The lowest BCUT2D eigenvalue weighted by molar-refractivity contribution is 0.391. The van der Waals surface area contributed by atoms with E-state index in [9.17, 15) is 5.11 Å². The first-order chi connectivity index (χ1) is 7.66. The standard InChI is InChI=1S/C13H18ClNO/c1-9-6-11(14)7-10(13(9)16)8-12-4-2-3-5-15-12/h6-7,12,15-16H,2-5,8H2,1H3. The van der Waals surface area contributed by atoms with Gasteiger partial charge in [0.25, 0.3) is 0 Å². The van der Waals surface area contributed by atoms with Gasteiger partial charge in [-0.1, -0.05) is 18.0 Å². The molecule has 1 aliphatic heterocycles. The van der Waals surface area contributed by atoms with Gasteiger partial charge in [0.05, 0.1) is 0 Å². The van der Waals surface area contributed by atoms with Gasteiger partial charge in [-0.15, -0.1) is 0 Å². The van der Waals surface area contributed by atoms with Crippen molar-refractivity contribution >= 4 is 11.6 Å². The largest absolute Gasteiger partial charge is 0.507 e. The van der Waals surface area contributed by atoms with Crippen LogP contribution in [0.15, 0.2) is 12.1 Å². The van der Waals surface area contributed by atoms with E-state index in [1.165, 1.54) is 19.3 Å². The number of benzene rings is 1. The highest BCUT2D eigenvalue weighted by Crippen LogP contribution is 2.28.